The fourth-order valence-corrected chi connectivity index (χ4v) is 4.86. The molecule has 0 bridgehead atoms. The van der Waals surface area contributed by atoms with Crippen LogP contribution in [-0.4, -0.2) is 41.0 Å². The first-order valence-corrected chi connectivity index (χ1v) is 12.2. The highest BCUT2D eigenvalue weighted by molar-refractivity contribution is 6.02. The van der Waals surface area contributed by atoms with Crippen molar-refractivity contribution in [1.29, 1.82) is 0 Å². The van der Waals surface area contributed by atoms with E-state index in [9.17, 15) is 14.0 Å². The van der Waals surface area contributed by atoms with Gasteiger partial charge in [-0.1, -0.05) is 30.3 Å². The highest BCUT2D eigenvalue weighted by atomic mass is 19.1. The van der Waals surface area contributed by atoms with Crippen LogP contribution >= 0.6 is 0 Å². The van der Waals surface area contributed by atoms with Crippen molar-refractivity contribution in [3.05, 3.63) is 114 Å². The van der Waals surface area contributed by atoms with Gasteiger partial charge in [-0.2, -0.15) is 0 Å². The highest BCUT2D eigenvalue weighted by Crippen LogP contribution is 2.42. The van der Waals surface area contributed by atoms with Gasteiger partial charge in [0, 0.05) is 17.8 Å². The zero-order valence-electron chi connectivity index (χ0n) is 21.0. The fraction of sp³-hybridized carbons (Fsp3) is 0.200. The number of amides is 2. The van der Waals surface area contributed by atoms with Crippen LogP contribution in [0.5, 0.6) is 5.75 Å². The smallest absolute Gasteiger partial charge is 0.254 e. The third kappa shape index (κ3) is 4.48. The van der Waals surface area contributed by atoms with Crippen LogP contribution in [0.1, 0.15) is 41.5 Å². The quantitative estimate of drug-likeness (QED) is 0.348. The van der Waals surface area contributed by atoms with Crippen LogP contribution in [0.4, 0.5) is 10.1 Å². The Morgan fingerprint density at radius 3 is 2.35 bits per heavy atom. The number of ether oxygens (including phenoxy) is 1. The lowest BCUT2D eigenvalue weighted by atomic mass is 9.97. The van der Waals surface area contributed by atoms with Gasteiger partial charge in [-0.3, -0.25) is 14.5 Å². The predicted molar refractivity (Wildman–Crippen MR) is 141 cm³/mol. The molecule has 1 atom stereocenters. The van der Waals surface area contributed by atoms with E-state index in [0.29, 0.717) is 0 Å². The summed E-state index contributed by atoms with van der Waals surface area (Å²) in [5.74, 6) is -0.400. The molecule has 3 aromatic carbocycles. The second kappa shape index (κ2) is 9.93. The number of carbonyl (C=O) groups is 2. The first kappa shape index (κ1) is 24.3. The molecule has 37 heavy (non-hydrogen) atoms. The third-order valence-electron chi connectivity index (χ3n) is 6.68. The molecule has 7 heteroatoms. The van der Waals surface area contributed by atoms with Gasteiger partial charge >= 0.3 is 0 Å². The minimum absolute atomic E-state index is 0.158. The van der Waals surface area contributed by atoms with Crippen LogP contribution in [0, 0.1) is 5.82 Å². The molecule has 1 aliphatic rings. The first-order chi connectivity index (χ1) is 17.9. The maximum atomic E-state index is 14.1. The molecule has 0 spiro atoms. The Hall–Kier alpha value is -4.39. The monoisotopic (exact) mass is 497 g/mol. The molecule has 1 aromatic heterocycles. The molecular weight excluding hydrogens is 469 g/mol. The third-order valence-corrected chi connectivity index (χ3v) is 6.68. The lowest BCUT2D eigenvalue weighted by molar-refractivity contribution is -0.120. The summed E-state index contributed by atoms with van der Waals surface area (Å²) in [5, 5.41) is 0. The lowest BCUT2D eigenvalue weighted by Gasteiger charge is -2.40. The zero-order chi connectivity index (χ0) is 26.1. The summed E-state index contributed by atoms with van der Waals surface area (Å²) >= 11 is 0. The van der Waals surface area contributed by atoms with Crippen molar-refractivity contribution >= 4 is 17.5 Å². The molecule has 2 amide bonds. The fourth-order valence-electron chi connectivity index (χ4n) is 4.86. The van der Waals surface area contributed by atoms with Crippen molar-refractivity contribution < 1.29 is 18.7 Å². The summed E-state index contributed by atoms with van der Waals surface area (Å²) in [4.78, 5) is 30.7. The van der Waals surface area contributed by atoms with Gasteiger partial charge in [0.25, 0.3) is 5.91 Å². The first-order valence-electron chi connectivity index (χ1n) is 12.2. The maximum Gasteiger partial charge on any atom is 0.254 e. The Kier molecular flexibility index (Phi) is 6.53. The molecule has 0 saturated heterocycles. The molecule has 0 N–H and O–H groups in total. The second-order valence-corrected chi connectivity index (χ2v) is 9.27. The van der Waals surface area contributed by atoms with Crippen molar-refractivity contribution in [2.75, 3.05) is 18.6 Å². The summed E-state index contributed by atoms with van der Waals surface area (Å²) < 4.78 is 21.3. The van der Waals surface area contributed by atoms with Gasteiger partial charge < -0.3 is 14.2 Å². The van der Waals surface area contributed by atoms with E-state index in [1.807, 2.05) is 80.7 Å². The Morgan fingerprint density at radius 1 is 0.946 bits per heavy atom. The average Bonchev–Trinajstić information content (AvgIpc) is 3.40. The number of anilines is 1. The van der Waals surface area contributed by atoms with Crippen LogP contribution in [0.25, 0.3) is 5.69 Å². The Labute approximate surface area is 215 Å². The van der Waals surface area contributed by atoms with Gasteiger partial charge in [-0.05, 0) is 74.0 Å². The zero-order valence-corrected chi connectivity index (χ0v) is 21.0. The van der Waals surface area contributed by atoms with E-state index in [4.69, 9.17) is 4.74 Å². The molecule has 0 radical (unpaired) electrons. The number of methoxy groups -OCH3 is 1. The van der Waals surface area contributed by atoms with Gasteiger partial charge in [0.2, 0.25) is 5.91 Å². The molecule has 6 nitrogen and oxygen atoms in total. The van der Waals surface area contributed by atoms with Crippen LogP contribution in [-0.2, 0) is 4.79 Å². The van der Waals surface area contributed by atoms with Crippen LogP contribution in [0.15, 0.2) is 91.1 Å². The molecule has 1 unspecified atom stereocenters. The lowest BCUT2D eigenvalue weighted by Crippen LogP contribution is -2.48. The number of para-hydroxylation sites is 2. The summed E-state index contributed by atoms with van der Waals surface area (Å²) in [5.41, 5.74) is 3.69. The topological polar surface area (TPSA) is 54.8 Å². The van der Waals surface area contributed by atoms with Gasteiger partial charge in [-0.15, -0.1) is 0 Å². The summed E-state index contributed by atoms with van der Waals surface area (Å²) in [6, 6.07) is 24.2. The molecule has 2 heterocycles. The van der Waals surface area contributed by atoms with E-state index in [2.05, 4.69) is 4.57 Å². The second-order valence-electron chi connectivity index (χ2n) is 9.27. The predicted octanol–water partition coefficient (Wildman–Crippen LogP) is 5.61. The van der Waals surface area contributed by atoms with Gasteiger partial charge in [0.1, 0.15) is 24.2 Å². The molecule has 188 valence electrons. The van der Waals surface area contributed by atoms with Gasteiger partial charge in [0.05, 0.1) is 24.2 Å². The molecule has 4 aromatic rings. The normalized spacial score (nSPS) is 14.2. The van der Waals surface area contributed by atoms with E-state index in [-0.39, 0.29) is 24.1 Å². The van der Waals surface area contributed by atoms with E-state index < -0.39 is 17.8 Å². The number of halogens is 1. The number of rotatable bonds is 6. The molecule has 0 saturated carbocycles. The van der Waals surface area contributed by atoms with Crippen LogP contribution < -0.4 is 9.64 Å². The SMILES string of the molecule is COc1ccc(C2c3cccn3-c3ccccc3N2C(=O)CN(C(=O)c2cccc(F)c2)C(C)C)cc1. The summed E-state index contributed by atoms with van der Waals surface area (Å²) in [7, 11) is 1.61. The van der Waals surface area contributed by atoms with Crippen molar-refractivity contribution in [1.82, 2.24) is 9.47 Å². The molecule has 0 fully saturated rings. The highest BCUT2D eigenvalue weighted by Gasteiger charge is 2.37. The molecule has 0 aliphatic carbocycles. The van der Waals surface area contributed by atoms with Crippen molar-refractivity contribution in [3.63, 3.8) is 0 Å². The molecule has 1 aliphatic heterocycles. The number of benzene rings is 3. The Morgan fingerprint density at radius 2 is 1.68 bits per heavy atom. The van der Waals surface area contributed by atoms with Gasteiger partial charge in [-0.25, -0.2) is 4.39 Å². The minimum atomic E-state index is -0.494. The van der Waals surface area contributed by atoms with Crippen LogP contribution in [0.3, 0.4) is 0 Å². The Bertz CT molecular complexity index is 1440. The minimum Gasteiger partial charge on any atom is -0.497 e. The van der Waals surface area contributed by atoms with Crippen molar-refractivity contribution in [2.24, 2.45) is 0 Å². The number of nitrogens with zero attached hydrogens (tertiary/aromatic N) is 3. The summed E-state index contributed by atoms with van der Waals surface area (Å²) in [6.45, 7) is 3.54. The number of hydrogen-bond donors (Lipinski definition) is 0. The standard InChI is InChI=1S/C30H28FN3O3/c1-20(2)33(30(36)22-8-6-9-23(31)18-22)19-28(35)34-26-11-5-4-10-25(26)32-17-7-12-27(32)29(34)21-13-15-24(37-3)16-14-21/h4-18,20,29H,19H2,1-3H3. The summed E-state index contributed by atoms with van der Waals surface area (Å²) in [6.07, 6.45) is 1.99. The van der Waals surface area contributed by atoms with Crippen LogP contribution in [0.2, 0.25) is 0 Å². The number of aromatic nitrogens is 1. The number of carbonyl (C=O) groups excluding carboxylic acids is 2. The Balaban J connectivity index is 1.57. The van der Waals surface area contributed by atoms with Crippen molar-refractivity contribution in [2.45, 2.75) is 25.9 Å². The maximum absolute atomic E-state index is 14.1. The van der Waals surface area contributed by atoms with E-state index in [0.717, 1.165) is 28.4 Å². The number of hydrogen-bond acceptors (Lipinski definition) is 3. The van der Waals surface area contributed by atoms with Crippen molar-refractivity contribution in [3.8, 4) is 11.4 Å². The van der Waals surface area contributed by atoms with E-state index in [1.165, 1.54) is 23.1 Å². The largest absolute Gasteiger partial charge is 0.497 e. The molecular formula is C30H28FN3O3. The van der Waals surface area contributed by atoms with Gasteiger partial charge in [0.15, 0.2) is 0 Å². The van der Waals surface area contributed by atoms with E-state index >= 15 is 0 Å². The molecule has 5 rings (SSSR count). The number of fused-ring (bicyclic) bond motifs is 3. The van der Waals surface area contributed by atoms with E-state index in [1.54, 1.807) is 18.1 Å². The average molecular weight is 498 g/mol.